The number of amides is 1. The Labute approximate surface area is 183 Å². The van der Waals surface area contributed by atoms with Crippen LogP contribution in [0.5, 0.6) is 11.5 Å². The van der Waals surface area contributed by atoms with Crippen molar-refractivity contribution in [2.45, 2.75) is 18.4 Å². The summed E-state index contributed by atoms with van der Waals surface area (Å²) in [7, 11) is -0.689. The third kappa shape index (κ3) is 5.00. The highest BCUT2D eigenvalue weighted by Crippen LogP contribution is 2.29. The van der Waals surface area contributed by atoms with E-state index < -0.39 is 10.0 Å². The molecule has 1 saturated heterocycles. The van der Waals surface area contributed by atoms with E-state index in [2.05, 4.69) is 0 Å². The Morgan fingerprint density at radius 3 is 2.39 bits per heavy atom. The number of nitrogens with zero attached hydrogens (tertiary/aromatic N) is 2. The zero-order chi connectivity index (χ0) is 22.4. The minimum atomic E-state index is -3.80. The lowest BCUT2D eigenvalue weighted by Gasteiger charge is -2.28. The maximum absolute atomic E-state index is 13.4. The molecular weight excluding hydrogens is 420 g/mol. The number of methoxy groups -OCH3 is 2. The average molecular weight is 449 g/mol. The van der Waals surface area contributed by atoms with Crippen molar-refractivity contribution < 1.29 is 27.4 Å². The lowest BCUT2D eigenvalue weighted by atomic mass is 10.1. The van der Waals surface area contributed by atoms with Gasteiger partial charge in [0.05, 0.1) is 37.9 Å². The maximum atomic E-state index is 13.4. The van der Waals surface area contributed by atoms with Gasteiger partial charge < -0.3 is 19.1 Å². The molecule has 168 valence electrons. The molecular formula is C22H28N2O6S. The average Bonchev–Trinajstić information content (AvgIpc) is 2.82. The van der Waals surface area contributed by atoms with Gasteiger partial charge in [-0.2, -0.15) is 4.31 Å². The number of carbonyl (C=O) groups is 1. The van der Waals surface area contributed by atoms with Crippen LogP contribution in [0.25, 0.3) is 0 Å². The first-order chi connectivity index (χ1) is 14.9. The third-order valence-electron chi connectivity index (χ3n) is 5.20. The molecule has 8 nitrogen and oxygen atoms in total. The second-order valence-corrected chi connectivity index (χ2v) is 8.93. The molecule has 2 aromatic carbocycles. The smallest absolute Gasteiger partial charge is 0.255 e. The van der Waals surface area contributed by atoms with Gasteiger partial charge >= 0.3 is 0 Å². The topological polar surface area (TPSA) is 85.4 Å². The number of sulfonamides is 1. The van der Waals surface area contributed by atoms with Gasteiger partial charge in [0.2, 0.25) is 10.0 Å². The minimum Gasteiger partial charge on any atom is -0.493 e. The van der Waals surface area contributed by atoms with Gasteiger partial charge in [0.1, 0.15) is 0 Å². The predicted molar refractivity (Wildman–Crippen MR) is 116 cm³/mol. The first kappa shape index (κ1) is 23.1. The number of ether oxygens (including phenoxy) is 3. The van der Waals surface area contributed by atoms with Crippen LogP contribution in [0, 0.1) is 0 Å². The van der Waals surface area contributed by atoms with Gasteiger partial charge in [0.25, 0.3) is 5.91 Å². The van der Waals surface area contributed by atoms with E-state index in [9.17, 15) is 13.2 Å². The van der Waals surface area contributed by atoms with Gasteiger partial charge in [-0.25, -0.2) is 8.42 Å². The molecule has 1 aliphatic rings. The van der Waals surface area contributed by atoms with Crippen LogP contribution in [-0.2, 0) is 21.3 Å². The largest absolute Gasteiger partial charge is 0.493 e. The van der Waals surface area contributed by atoms with Crippen LogP contribution in [0.1, 0.15) is 22.8 Å². The van der Waals surface area contributed by atoms with Crippen molar-refractivity contribution in [2.75, 3.05) is 47.1 Å². The van der Waals surface area contributed by atoms with E-state index in [0.29, 0.717) is 37.8 Å². The summed E-state index contributed by atoms with van der Waals surface area (Å²) in [6.45, 7) is 3.81. The van der Waals surface area contributed by atoms with Crippen molar-refractivity contribution in [3.63, 3.8) is 0 Å². The molecule has 0 radical (unpaired) electrons. The second-order valence-electron chi connectivity index (χ2n) is 7.02. The van der Waals surface area contributed by atoms with Crippen LogP contribution in [0.2, 0.25) is 0 Å². The van der Waals surface area contributed by atoms with E-state index in [1.165, 1.54) is 10.4 Å². The SMILES string of the molecule is CCN(Cc1ccc(OC)c(OC)c1)C(=O)c1ccccc1S(=O)(=O)N1CCOCC1. The monoisotopic (exact) mass is 448 g/mol. The maximum Gasteiger partial charge on any atom is 0.255 e. The molecule has 31 heavy (non-hydrogen) atoms. The summed E-state index contributed by atoms with van der Waals surface area (Å²) in [4.78, 5) is 15.0. The van der Waals surface area contributed by atoms with Crippen molar-refractivity contribution >= 4 is 15.9 Å². The van der Waals surface area contributed by atoms with Crippen LogP contribution < -0.4 is 9.47 Å². The van der Waals surface area contributed by atoms with Gasteiger partial charge in [0.15, 0.2) is 11.5 Å². The lowest BCUT2D eigenvalue weighted by Crippen LogP contribution is -2.41. The number of morpholine rings is 1. The first-order valence-electron chi connectivity index (χ1n) is 10.1. The van der Waals surface area contributed by atoms with Crippen LogP contribution in [-0.4, -0.2) is 70.6 Å². The molecule has 0 unspecified atom stereocenters. The van der Waals surface area contributed by atoms with Gasteiger partial charge in [0, 0.05) is 26.2 Å². The highest BCUT2D eigenvalue weighted by atomic mass is 32.2. The Bertz CT molecular complexity index is 1020. The number of rotatable bonds is 8. The fourth-order valence-corrected chi connectivity index (χ4v) is 5.08. The van der Waals surface area contributed by atoms with E-state index in [4.69, 9.17) is 14.2 Å². The standard InChI is InChI=1S/C22H28N2O6S/c1-4-23(16-17-9-10-19(28-2)20(15-17)29-3)22(25)18-7-5-6-8-21(18)31(26,27)24-11-13-30-14-12-24/h5-10,15H,4,11-14,16H2,1-3H3. The van der Waals surface area contributed by atoms with Crippen molar-refractivity contribution in [3.8, 4) is 11.5 Å². The fraction of sp³-hybridized carbons (Fsp3) is 0.409. The van der Waals surface area contributed by atoms with E-state index in [1.807, 2.05) is 19.1 Å². The zero-order valence-corrected chi connectivity index (χ0v) is 18.9. The highest BCUT2D eigenvalue weighted by Gasteiger charge is 2.31. The lowest BCUT2D eigenvalue weighted by molar-refractivity contribution is 0.0724. The number of hydrogen-bond acceptors (Lipinski definition) is 6. The molecule has 1 fully saturated rings. The van der Waals surface area contributed by atoms with E-state index >= 15 is 0 Å². The van der Waals surface area contributed by atoms with Crippen LogP contribution in [0.3, 0.4) is 0 Å². The van der Waals surface area contributed by atoms with Crippen molar-refractivity contribution in [1.29, 1.82) is 0 Å². The molecule has 0 aromatic heterocycles. The molecule has 1 aliphatic heterocycles. The normalized spacial score (nSPS) is 14.8. The van der Waals surface area contributed by atoms with Gasteiger partial charge in [-0.1, -0.05) is 18.2 Å². The quantitative estimate of drug-likeness (QED) is 0.617. The summed E-state index contributed by atoms with van der Waals surface area (Å²) in [6, 6.07) is 11.8. The van der Waals surface area contributed by atoms with Crippen molar-refractivity contribution in [1.82, 2.24) is 9.21 Å². The minimum absolute atomic E-state index is 0.0210. The number of benzene rings is 2. The summed E-state index contributed by atoms with van der Waals surface area (Å²) in [6.07, 6.45) is 0. The summed E-state index contributed by atoms with van der Waals surface area (Å²) in [5.41, 5.74) is 1.01. The molecule has 1 amide bonds. The van der Waals surface area contributed by atoms with Gasteiger partial charge in [-0.3, -0.25) is 4.79 Å². The Balaban J connectivity index is 1.89. The fourth-order valence-electron chi connectivity index (χ4n) is 3.49. The molecule has 2 aromatic rings. The number of hydrogen-bond donors (Lipinski definition) is 0. The highest BCUT2D eigenvalue weighted by molar-refractivity contribution is 7.89. The molecule has 0 atom stereocenters. The summed E-state index contributed by atoms with van der Waals surface area (Å²) in [5.74, 6) is 0.825. The molecule has 0 bridgehead atoms. The first-order valence-corrected chi connectivity index (χ1v) is 11.5. The Morgan fingerprint density at radius 1 is 1.06 bits per heavy atom. The summed E-state index contributed by atoms with van der Waals surface area (Å²) < 4.78 is 43.7. The Morgan fingerprint density at radius 2 is 1.74 bits per heavy atom. The molecule has 0 N–H and O–H groups in total. The number of carbonyl (C=O) groups excluding carboxylic acids is 1. The van der Waals surface area contributed by atoms with E-state index in [0.717, 1.165) is 5.56 Å². The second kappa shape index (κ2) is 10.1. The van der Waals surface area contributed by atoms with Gasteiger partial charge in [-0.15, -0.1) is 0 Å². The Hall–Kier alpha value is -2.62. The molecule has 1 heterocycles. The van der Waals surface area contributed by atoms with E-state index in [-0.39, 0.29) is 29.5 Å². The van der Waals surface area contributed by atoms with Crippen molar-refractivity contribution in [3.05, 3.63) is 53.6 Å². The molecule has 0 spiro atoms. The summed E-state index contributed by atoms with van der Waals surface area (Å²) in [5, 5.41) is 0. The Kier molecular flexibility index (Phi) is 7.53. The summed E-state index contributed by atoms with van der Waals surface area (Å²) >= 11 is 0. The van der Waals surface area contributed by atoms with Crippen LogP contribution >= 0.6 is 0 Å². The zero-order valence-electron chi connectivity index (χ0n) is 18.0. The van der Waals surface area contributed by atoms with Gasteiger partial charge in [-0.05, 0) is 36.8 Å². The molecule has 0 saturated carbocycles. The van der Waals surface area contributed by atoms with Crippen LogP contribution in [0.4, 0.5) is 0 Å². The molecule has 0 aliphatic carbocycles. The van der Waals surface area contributed by atoms with Crippen molar-refractivity contribution in [2.24, 2.45) is 0 Å². The molecule has 9 heteroatoms. The van der Waals surface area contributed by atoms with E-state index in [1.54, 1.807) is 43.4 Å². The molecule has 3 rings (SSSR count). The predicted octanol–water partition coefficient (Wildman–Crippen LogP) is 2.39. The van der Waals surface area contributed by atoms with Crippen LogP contribution in [0.15, 0.2) is 47.4 Å². The third-order valence-corrected chi connectivity index (χ3v) is 7.15.